The van der Waals surface area contributed by atoms with Crippen molar-refractivity contribution in [3.63, 3.8) is 0 Å². The molecule has 4 aromatic carbocycles. The van der Waals surface area contributed by atoms with Crippen LogP contribution < -0.4 is 25.8 Å². The second-order valence-electron chi connectivity index (χ2n) is 8.81. The molecule has 8 nitrogen and oxygen atoms in total. The number of hydrogen-bond acceptors (Lipinski definition) is 5. The van der Waals surface area contributed by atoms with E-state index in [-0.39, 0.29) is 5.84 Å². The Morgan fingerprint density at radius 3 is 1.67 bits per heavy atom. The standard InChI is InChI=1S/C31H30N4O4/c1-38-25-16-10-21(11-17-25)28(22-12-18-26(39-2)19-13-22)35-31(37)27(20-6-4-3-5-7-20)30(36)34-24-14-8-23(9-15-24)29(32)33/h3-19,27-28H,1-2H3,(H3,32,33)(H,34,36)(H,35,37). The Morgan fingerprint density at radius 1 is 0.692 bits per heavy atom. The van der Waals surface area contributed by atoms with Gasteiger partial charge in [0.05, 0.1) is 20.3 Å². The monoisotopic (exact) mass is 522 g/mol. The first-order chi connectivity index (χ1) is 18.9. The topological polar surface area (TPSA) is 127 Å². The highest BCUT2D eigenvalue weighted by molar-refractivity contribution is 6.11. The van der Waals surface area contributed by atoms with Crippen LogP contribution in [0.3, 0.4) is 0 Å². The number of benzene rings is 4. The highest BCUT2D eigenvalue weighted by Gasteiger charge is 2.31. The summed E-state index contributed by atoms with van der Waals surface area (Å²) in [5.74, 6) is -0.768. The first-order valence-corrected chi connectivity index (χ1v) is 12.3. The summed E-state index contributed by atoms with van der Waals surface area (Å²) in [5.41, 5.74) is 8.75. The number of anilines is 1. The summed E-state index contributed by atoms with van der Waals surface area (Å²) in [5, 5.41) is 13.5. The maximum absolute atomic E-state index is 13.9. The highest BCUT2D eigenvalue weighted by atomic mass is 16.5. The van der Waals surface area contributed by atoms with E-state index in [4.69, 9.17) is 20.6 Å². The van der Waals surface area contributed by atoms with Gasteiger partial charge in [0.25, 0.3) is 0 Å². The van der Waals surface area contributed by atoms with Gasteiger partial charge in [0.2, 0.25) is 11.8 Å². The zero-order valence-corrected chi connectivity index (χ0v) is 21.7. The van der Waals surface area contributed by atoms with E-state index in [1.807, 2.05) is 54.6 Å². The number of carbonyl (C=O) groups is 2. The molecule has 0 aromatic heterocycles. The number of nitrogens with two attached hydrogens (primary N) is 1. The molecule has 0 saturated carbocycles. The zero-order valence-electron chi connectivity index (χ0n) is 21.7. The van der Waals surface area contributed by atoms with Crippen molar-refractivity contribution in [1.29, 1.82) is 5.41 Å². The van der Waals surface area contributed by atoms with Crippen LogP contribution >= 0.6 is 0 Å². The molecule has 8 heteroatoms. The lowest BCUT2D eigenvalue weighted by molar-refractivity contribution is -0.129. The second-order valence-corrected chi connectivity index (χ2v) is 8.81. The first-order valence-electron chi connectivity index (χ1n) is 12.3. The van der Waals surface area contributed by atoms with E-state index < -0.39 is 23.8 Å². The predicted molar refractivity (Wildman–Crippen MR) is 151 cm³/mol. The number of amides is 2. The molecule has 0 aliphatic carbocycles. The van der Waals surface area contributed by atoms with Gasteiger partial charge < -0.3 is 25.8 Å². The van der Waals surface area contributed by atoms with E-state index in [2.05, 4.69) is 10.6 Å². The quantitative estimate of drug-likeness (QED) is 0.137. The Hall–Kier alpha value is -5.11. The van der Waals surface area contributed by atoms with Gasteiger partial charge in [0.1, 0.15) is 23.3 Å². The van der Waals surface area contributed by atoms with Gasteiger partial charge in [-0.3, -0.25) is 15.0 Å². The van der Waals surface area contributed by atoms with Gasteiger partial charge >= 0.3 is 0 Å². The molecule has 2 amide bonds. The second kappa shape index (κ2) is 12.4. The minimum Gasteiger partial charge on any atom is -0.497 e. The summed E-state index contributed by atoms with van der Waals surface area (Å²) >= 11 is 0. The molecule has 0 bridgehead atoms. The Balaban J connectivity index is 1.66. The molecule has 0 saturated heterocycles. The third-order valence-corrected chi connectivity index (χ3v) is 6.31. The molecule has 198 valence electrons. The van der Waals surface area contributed by atoms with Crippen molar-refractivity contribution in [1.82, 2.24) is 5.32 Å². The first kappa shape index (κ1) is 26.9. The number of nitrogens with one attached hydrogen (secondary N) is 3. The van der Waals surface area contributed by atoms with E-state index in [0.717, 1.165) is 11.1 Å². The molecule has 0 aliphatic rings. The lowest BCUT2D eigenvalue weighted by Crippen LogP contribution is -2.39. The van der Waals surface area contributed by atoms with E-state index >= 15 is 0 Å². The predicted octanol–water partition coefficient (Wildman–Crippen LogP) is 4.62. The van der Waals surface area contributed by atoms with Crippen LogP contribution in [-0.2, 0) is 9.59 Å². The highest BCUT2D eigenvalue weighted by Crippen LogP contribution is 2.28. The van der Waals surface area contributed by atoms with Crippen LogP contribution in [0.1, 0.15) is 34.2 Å². The smallest absolute Gasteiger partial charge is 0.241 e. The maximum Gasteiger partial charge on any atom is 0.241 e. The summed E-state index contributed by atoms with van der Waals surface area (Å²) in [6.45, 7) is 0. The third kappa shape index (κ3) is 6.61. The largest absolute Gasteiger partial charge is 0.497 e. The van der Waals surface area contributed by atoms with E-state index in [1.165, 1.54) is 0 Å². The van der Waals surface area contributed by atoms with Crippen molar-refractivity contribution in [2.24, 2.45) is 5.73 Å². The van der Waals surface area contributed by atoms with Gasteiger partial charge in [0, 0.05) is 11.3 Å². The lowest BCUT2D eigenvalue weighted by Gasteiger charge is -2.24. The molecule has 39 heavy (non-hydrogen) atoms. The molecular weight excluding hydrogens is 492 g/mol. The molecule has 0 radical (unpaired) electrons. The van der Waals surface area contributed by atoms with Crippen molar-refractivity contribution in [3.8, 4) is 11.5 Å². The molecule has 4 rings (SSSR count). The van der Waals surface area contributed by atoms with Crippen LogP contribution in [0.15, 0.2) is 103 Å². The van der Waals surface area contributed by atoms with Crippen LogP contribution in [0.5, 0.6) is 11.5 Å². The Kier molecular flexibility index (Phi) is 8.58. The maximum atomic E-state index is 13.9. The summed E-state index contributed by atoms with van der Waals surface area (Å²) in [7, 11) is 3.18. The number of nitrogen functional groups attached to an aromatic ring is 1. The molecule has 0 fully saturated rings. The SMILES string of the molecule is COc1ccc(C(NC(=O)C(C(=O)Nc2ccc(C(=N)N)cc2)c2ccccc2)c2ccc(OC)cc2)cc1. The van der Waals surface area contributed by atoms with Crippen molar-refractivity contribution < 1.29 is 19.1 Å². The van der Waals surface area contributed by atoms with Crippen molar-refractivity contribution in [2.45, 2.75) is 12.0 Å². The fourth-order valence-electron chi connectivity index (χ4n) is 4.19. The molecule has 0 spiro atoms. The van der Waals surface area contributed by atoms with Crippen molar-refractivity contribution in [3.05, 3.63) is 125 Å². The Morgan fingerprint density at radius 2 is 1.21 bits per heavy atom. The van der Waals surface area contributed by atoms with Crippen LogP contribution in [0.25, 0.3) is 0 Å². The van der Waals surface area contributed by atoms with Crippen LogP contribution in [0, 0.1) is 5.41 Å². The van der Waals surface area contributed by atoms with E-state index in [0.29, 0.717) is 28.3 Å². The molecule has 0 heterocycles. The van der Waals surface area contributed by atoms with Crippen LogP contribution in [0.2, 0.25) is 0 Å². The van der Waals surface area contributed by atoms with Gasteiger partial charge in [0.15, 0.2) is 0 Å². The van der Waals surface area contributed by atoms with E-state index in [1.54, 1.807) is 62.8 Å². The van der Waals surface area contributed by atoms with Crippen LogP contribution in [0.4, 0.5) is 5.69 Å². The number of rotatable bonds is 10. The lowest BCUT2D eigenvalue weighted by atomic mass is 9.94. The third-order valence-electron chi connectivity index (χ3n) is 6.31. The van der Waals surface area contributed by atoms with Gasteiger partial charge in [-0.2, -0.15) is 0 Å². The average Bonchev–Trinajstić information content (AvgIpc) is 2.97. The molecule has 0 aliphatic heterocycles. The number of hydrogen-bond donors (Lipinski definition) is 4. The fraction of sp³-hybridized carbons (Fsp3) is 0.129. The van der Waals surface area contributed by atoms with Crippen LogP contribution in [-0.4, -0.2) is 31.9 Å². The molecule has 5 N–H and O–H groups in total. The molecule has 1 atom stereocenters. The van der Waals surface area contributed by atoms with Gasteiger partial charge in [-0.25, -0.2) is 0 Å². The number of amidine groups is 1. The van der Waals surface area contributed by atoms with Gasteiger partial charge in [-0.1, -0.05) is 54.6 Å². The zero-order chi connectivity index (χ0) is 27.8. The number of carbonyl (C=O) groups excluding carboxylic acids is 2. The van der Waals surface area contributed by atoms with Gasteiger partial charge in [-0.15, -0.1) is 0 Å². The molecule has 4 aromatic rings. The van der Waals surface area contributed by atoms with Gasteiger partial charge in [-0.05, 0) is 65.2 Å². The summed E-state index contributed by atoms with van der Waals surface area (Å²) in [4.78, 5) is 27.4. The normalized spacial score (nSPS) is 11.4. The summed E-state index contributed by atoms with van der Waals surface area (Å²) in [6.07, 6.45) is 0. The fourth-order valence-corrected chi connectivity index (χ4v) is 4.19. The average molecular weight is 523 g/mol. The number of methoxy groups -OCH3 is 2. The summed E-state index contributed by atoms with van der Waals surface area (Å²) in [6, 6.07) is 29.7. The Labute approximate surface area is 227 Å². The number of ether oxygens (including phenoxy) is 2. The Bertz CT molecular complexity index is 1370. The molecule has 1 unspecified atom stereocenters. The summed E-state index contributed by atoms with van der Waals surface area (Å²) < 4.78 is 10.6. The molecular formula is C31H30N4O4. The minimum absolute atomic E-state index is 0.0717. The van der Waals surface area contributed by atoms with Crippen molar-refractivity contribution >= 4 is 23.3 Å². The van der Waals surface area contributed by atoms with E-state index in [9.17, 15) is 9.59 Å². The van der Waals surface area contributed by atoms with Crippen molar-refractivity contribution in [2.75, 3.05) is 19.5 Å². The minimum atomic E-state index is -1.13.